The molecule has 13 aromatic carbocycles. The van der Waals surface area contributed by atoms with Gasteiger partial charge in [0.25, 0.3) is 6.71 Å². The lowest BCUT2D eigenvalue weighted by atomic mass is 9.34. The minimum Gasteiger partial charge on any atom is -0.458 e. The van der Waals surface area contributed by atoms with Crippen LogP contribution in [0.1, 0.15) is 122 Å². The highest BCUT2D eigenvalue weighted by Crippen LogP contribution is 2.59. The van der Waals surface area contributed by atoms with Crippen LogP contribution >= 0.6 is 0 Å². The number of nitrogens with zero attached hydrogens (tertiary/aromatic N) is 2. The average Bonchev–Trinajstić information content (AvgIpc) is 1.36. The maximum absolute atomic E-state index is 9.93. The standard InChI is InChI=1S/C91H75BN2O/c1-88(2,3)65-43-47-79-74(53-65)75-54-66(89(4,5)6)44-48-80(75)93(79)68-45-46-77-81(57-68)94(87-72(59-30-17-11-18-31-59)55-67(90(7,8)9)56-73(87)60-32-19-12-20-33-60)82-51-62(58-28-15-10-16-29-58)52-84-86(82)92(77)78-50-61(42-49-83(78)95-84)69-39-27-40-71-70-38-25-26-41-76(70)91(85(69)71,63-34-21-13-22-35-63)64-36-23-14-24-37-64/h10-57H,1-9H3/i10D,13D,14D,15D,16D,21D,22D,23D,24D,28D,29D,34D,35D,36D,37D. The van der Waals surface area contributed by atoms with E-state index in [0.717, 1.165) is 72.1 Å². The van der Waals surface area contributed by atoms with Crippen molar-refractivity contribution in [1.29, 1.82) is 0 Å². The Labute approximate surface area is 580 Å². The number of benzene rings is 13. The quantitative estimate of drug-likeness (QED) is 0.141. The van der Waals surface area contributed by atoms with E-state index in [2.05, 4.69) is 163 Å². The molecular formula is C91H75BN2O. The fraction of sp³-hybridized carbons (Fsp3) is 0.143. The molecule has 95 heavy (non-hydrogen) atoms. The summed E-state index contributed by atoms with van der Waals surface area (Å²) in [6.07, 6.45) is 0. The summed E-state index contributed by atoms with van der Waals surface area (Å²) in [5.41, 5.74) is 13.7. The molecule has 1 aliphatic carbocycles. The minimum atomic E-state index is -2.17. The predicted octanol–water partition coefficient (Wildman–Crippen LogP) is 22.1. The SMILES string of the molecule is [2H]c1c([2H])c([2H])c(-c2cc3c4c(c2)N(c2c(-c5ccccc5)cc(C(C)(C)C)cc2-c2ccccc2)c2cc(-n5c6ccc(C(C)(C)C)cc6c6cc(C(C)(C)C)ccc65)ccc2B4c2cc(-c4cccc5c4C(c4c([2H])c([2H])c([2H])c([2H])c4[2H])(c4c([2H])c([2H])c([2H])c([2H])c4[2H])c4ccccc4-5)ccc2O3)c([2H])c1[2H]. The van der Waals surface area contributed by atoms with Crippen molar-refractivity contribution in [2.75, 3.05) is 4.90 Å². The topological polar surface area (TPSA) is 17.4 Å². The monoisotopic (exact) mass is 1240 g/mol. The number of hydrogen-bond donors (Lipinski definition) is 0. The van der Waals surface area contributed by atoms with E-state index in [4.69, 9.17) is 11.6 Å². The van der Waals surface area contributed by atoms with Crippen molar-refractivity contribution in [2.45, 2.75) is 84.0 Å². The van der Waals surface area contributed by atoms with Crippen molar-refractivity contribution in [2.24, 2.45) is 0 Å². The first kappa shape index (κ1) is 44.0. The molecule has 4 heteroatoms. The van der Waals surface area contributed by atoms with Gasteiger partial charge in [0.15, 0.2) is 0 Å². The molecule has 0 spiro atoms. The lowest BCUT2D eigenvalue weighted by Gasteiger charge is -2.42. The molecule has 0 radical (unpaired) electrons. The predicted molar refractivity (Wildman–Crippen MR) is 402 cm³/mol. The Morgan fingerprint density at radius 3 is 1.52 bits per heavy atom. The van der Waals surface area contributed by atoms with Crippen molar-refractivity contribution >= 4 is 62.0 Å². The Balaban J connectivity index is 1.02. The van der Waals surface area contributed by atoms with Crippen molar-refractivity contribution < 1.29 is 25.3 Å². The molecule has 3 heterocycles. The van der Waals surface area contributed by atoms with Crippen molar-refractivity contribution in [1.82, 2.24) is 4.57 Å². The minimum absolute atomic E-state index is 0.0272. The molecule has 0 bridgehead atoms. The van der Waals surface area contributed by atoms with E-state index in [1.807, 2.05) is 91.0 Å². The Bertz CT molecular complexity index is 6060. The van der Waals surface area contributed by atoms with Gasteiger partial charge >= 0.3 is 0 Å². The number of aromatic nitrogens is 1. The Kier molecular flexibility index (Phi) is 10.1. The molecule has 0 saturated heterocycles. The second-order valence-corrected chi connectivity index (χ2v) is 28.5. The number of hydrogen-bond acceptors (Lipinski definition) is 2. The number of ether oxygens (including phenoxy) is 1. The van der Waals surface area contributed by atoms with Gasteiger partial charge in [-0.2, -0.15) is 0 Å². The van der Waals surface area contributed by atoms with Gasteiger partial charge in [-0.1, -0.05) is 286 Å². The number of anilines is 3. The van der Waals surface area contributed by atoms with Crippen LogP contribution in [0.4, 0.5) is 17.1 Å². The van der Waals surface area contributed by atoms with E-state index in [9.17, 15) is 13.7 Å². The summed E-state index contributed by atoms with van der Waals surface area (Å²) in [5, 5.41) is 2.18. The van der Waals surface area contributed by atoms with Crippen LogP contribution in [0.25, 0.3) is 83.1 Å². The van der Waals surface area contributed by atoms with Crippen LogP contribution < -0.4 is 26.0 Å². The van der Waals surface area contributed by atoms with Crippen LogP contribution in [-0.4, -0.2) is 11.3 Å². The van der Waals surface area contributed by atoms with Gasteiger partial charge in [-0.3, -0.25) is 0 Å². The molecule has 3 nitrogen and oxygen atoms in total. The van der Waals surface area contributed by atoms with Crippen LogP contribution in [0.2, 0.25) is 0 Å². The summed E-state index contributed by atoms with van der Waals surface area (Å²) < 4.78 is 151. The fourth-order valence-corrected chi connectivity index (χ4v) is 15.2. The molecule has 0 saturated carbocycles. The van der Waals surface area contributed by atoms with E-state index in [1.54, 1.807) is 18.2 Å². The lowest BCUT2D eigenvalue weighted by Crippen LogP contribution is -2.59. The summed E-state index contributed by atoms with van der Waals surface area (Å²) in [4.78, 5) is 2.29. The molecule has 1 aromatic heterocycles. The highest BCUT2D eigenvalue weighted by molar-refractivity contribution is 6.99. The zero-order valence-corrected chi connectivity index (χ0v) is 54.4. The van der Waals surface area contributed by atoms with E-state index < -0.39 is 103 Å². The van der Waals surface area contributed by atoms with Crippen LogP contribution in [0, 0.1) is 0 Å². The largest absolute Gasteiger partial charge is 0.458 e. The third kappa shape index (κ3) is 9.23. The second kappa shape index (κ2) is 21.7. The molecular weight excluding hydrogens is 1150 g/mol. The smallest absolute Gasteiger partial charge is 0.256 e. The molecule has 3 aliphatic rings. The summed E-state index contributed by atoms with van der Waals surface area (Å²) in [6, 6.07) is 58.7. The lowest BCUT2D eigenvalue weighted by molar-refractivity contribution is 0.488. The molecule has 0 amide bonds. The molecule has 0 unspecified atom stereocenters. The Morgan fingerprint density at radius 2 is 0.926 bits per heavy atom. The fourth-order valence-electron chi connectivity index (χ4n) is 15.2. The van der Waals surface area contributed by atoms with Gasteiger partial charge < -0.3 is 14.2 Å². The maximum atomic E-state index is 9.93. The summed E-state index contributed by atoms with van der Waals surface area (Å²) in [6.45, 7) is 19.2. The van der Waals surface area contributed by atoms with E-state index in [0.29, 0.717) is 67.1 Å². The third-order valence-corrected chi connectivity index (χ3v) is 19.8. The Hall–Kier alpha value is -10.7. The summed E-state index contributed by atoms with van der Waals surface area (Å²) in [5.74, 6) is 0.765. The zero-order valence-electron chi connectivity index (χ0n) is 69.4. The number of rotatable bonds is 8. The second-order valence-electron chi connectivity index (χ2n) is 28.5. The molecule has 0 atom stereocenters. The first-order valence-corrected chi connectivity index (χ1v) is 32.5. The van der Waals surface area contributed by atoms with Gasteiger partial charge in [0.2, 0.25) is 0 Å². The molecule has 458 valence electrons. The molecule has 0 N–H and O–H groups in total. The highest BCUT2D eigenvalue weighted by atomic mass is 16.5. The van der Waals surface area contributed by atoms with Crippen LogP contribution in [0.3, 0.4) is 0 Å². The van der Waals surface area contributed by atoms with E-state index in [-0.39, 0.29) is 32.9 Å². The van der Waals surface area contributed by atoms with Gasteiger partial charge in [-0.05, 0) is 183 Å². The van der Waals surface area contributed by atoms with Crippen LogP contribution in [0.15, 0.2) is 291 Å². The van der Waals surface area contributed by atoms with Crippen molar-refractivity contribution in [3.63, 3.8) is 0 Å². The van der Waals surface area contributed by atoms with E-state index in [1.165, 1.54) is 11.1 Å². The highest BCUT2D eigenvalue weighted by Gasteiger charge is 2.49. The Morgan fingerprint density at radius 1 is 0.379 bits per heavy atom. The van der Waals surface area contributed by atoms with E-state index >= 15 is 0 Å². The molecule has 0 fully saturated rings. The van der Waals surface area contributed by atoms with Gasteiger partial charge in [0, 0.05) is 39.0 Å². The molecule has 14 aromatic rings. The number of fused-ring (bicyclic) bond motifs is 10. The van der Waals surface area contributed by atoms with Gasteiger partial charge in [0.1, 0.15) is 11.5 Å². The first-order valence-electron chi connectivity index (χ1n) is 40.0. The normalized spacial score (nSPS) is 15.9. The van der Waals surface area contributed by atoms with Gasteiger partial charge in [-0.15, -0.1) is 0 Å². The molecule has 2 aliphatic heterocycles. The van der Waals surface area contributed by atoms with Crippen LogP contribution in [0.5, 0.6) is 11.5 Å². The molecule has 17 rings (SSSR count). The maximum Gasteiger partial charge on any atom is 0.256 e. The summed E-state index contributed by atoms with van der Waals surface area (Å²) in [7, 11) is 0. The van der Waals surface area contributed by atoms with Crippen molar-refractivity contribution in [3.05, 3.63) is 330 Å². The third-order valence-electron chi connectivity index (χ3n) is 19.8. The van der Waals surface area contributed by atoms with Crippen molar-refractivity contribution in [3.8, 4) is 72.8 Å². The van der Waals surface area contributed by atoms with Gasteiger partial charge in [-0.25, -0.2) is 0 Å². The van der Waals surface area contributed by atoms with Crippen LogP contribution in [-0.2, 0) is 21.7 Å². The average molecular weight is 1240 g/mol. The zero-order chi connectivity index (χ0) is 77.8. The first-order chi connectivity index (χ1) is 52.2. The van der Waals surface area contributed by atoms with Gasteiger partial charge in [0.05, 0.1) is 42.7 Å². The summed E-state index contributed by atoms with van der Waals surface area (Å²) >= 11 is 0.